The van der Waals surface area contributed by atoms with E-state index >= 15 is 0 Å². The summed E-state index contributed by atoms with van der Waals surface area (Å²) in [5.74, 6) is 0. The quantitative estimate of drug-likeness (QED) is 0.797. The highest BCUT2D eigenvalue weighted by Gasteiger charge is 2.11. The Morgan fingerprint density at radius 3 is 2.86 bits per heavy atom. The van der Waals surface area contributed by atoms with Gasteiger partial charge in [0.1, 0.15) is 0 Å². The second kappa shape index (κ2) is 4.85. The Morgan fingerprint density at radius 2 is 2.29 bits per heavy atom. The van der Waals surface area contributed by atoms with Gasteiger partial charge in [-0.15, -0.1) is 0 Å². The van der Waals surface area contributed by atoms with Crippen molar-refractivity contribution >= 4 is 5.69 Å². The lowest BCUT2D eigenvalue weighted by atomic mass is 10.2. The summed E-state index contributed by atoms with van der Waals surface area (Å²) in [5, 5.41) is 0. The normalized spacial score (nSPS) is 10.6. The van der Waals surface area contributed by atoms with Crippen molar-refractivity contribution in [1.29, 1.82) is 0 Å². The Hall–Kier alpha value is -1.23. The lowest BCUT2D eigenvalue weighted by molar-refractivity contribution is 0.156. The van der Waals surface area contributed by atoms with Gasteiger partial charge in [-0.1, -0.05) is 0 Å². The molecule has 1 aromatic heterocycles. The van der Waals surface area contributed by atoms with Gasteiger partial charge < -0.3 is 10.6 Å². The molecule has 5 heteroatoms. The van der Waals surface area contributed by atoms with Gasteiger partial charge in [-0.2, -0.15) is 0 Å². The molecule has 1 heterocycles. The first kappa shape index (κ1) is 10.8. The topological polar surface area (TPSA) is 42.2 Å². The zero-order valence-corrected chi connectivity index (χ0v) is 7.95. The van der Waals surface area contributed by atoms with E-state index in [2.05, 4.69) is 4.98 Å². The molecule has 2 N–H and O–H groups in total. The molecule has 0 fully saturated rings. The second-order valence-corrected chi connectivity index (χ2v) is 2.98. The summed E-state index contributed by atoms with van der Waals surface area (Å²) in [6, 6.07) is 1.69. The molecule has 0 atom stereocenters. The summed E-state index contributed by atoms with van der Waals surface area (Å²) in [7, 11) is 1.61. The summed E-state index contributed by atoms with van der Waals surface area (Å²) in [5.41, 5.74) is 6.95. The van der Waals surface area contributed by atoms with Crippen LogP contribution in [0.4, 0.5) is 14.5 Å². The van der Waals surface area contributed by atoms with Crippen molar-refractivity contribution in [3.05, 3.63) is 24.0 Å². The number of rotatable bonds is 4. The first-order valence-corrected chi connectivity index (χ1v) is 4.27. The minimum atomic E-state index is -2.35. The van der Waals surface area contributed by atoms with Crippen molar-refractivity contribution in [2.45, 2.75) is 13.0 Å². The number of hydrogen-bond acceptors (Lipinski definition) is 3. The first-order chi connectivity index (χ1) is 6.65. The van der Waals surface area contributed by atoms with Crippen LogP contribution in [-0.2, 0) is 6.54 Å². The Bertz CT molecular complexity index is 291. The maximum atomic E-state index is 12.1. The fraction of sp³-hybridized carbons (Fsp3) is 0.444. The molecule has 0 aromatic carbocycles. The van der Waals surface area contributed by atoms with Crippen molar-refractivity contribution < 1.29 is 8.78 Å². The number of aromatic nitrogens is 1. The summed E-state index contributed by atoms with van der Waals surface area (Å²) < 4.78 is 24.2. The number of pyridine rings is 1. The third kappa shape index (κ3) is 2.63. The molecule has 0 bridgehead atoms. The minimum Gasteiger partial charge on any atom is -0.369 e. The summed E-state index contributed by atoms with van der Waals surface area (Å²) >= 11 is 0. The van der Waals surface area contributed by atoms with Crippen LogP contribution in [-0.4, -0.2) is 25.0 Å². The Morgan fingerprint density at radius 1 is 1.57 bits per heavy atom. The van der Waals surface area contributed by atoms with Gasteiger partial charge in [-0.05, 0) is 6.07 Å². The van der Waals surface area contributed by atoms with Gasteiger partial charge in [0.05, 0.1) is 6.54 Å². The van der Waals surface area contributed by atoms with Gasteiger partial charge >= 0.3 is 0 Å². The molecule has 0 spiro atoms. The molecule has 0 aliphatic carbocycles. The average molecular weight is 201 g/mol. The van der Waals surface area contributed by atoms with Crippen molar-refractivity contribution in [2.24, 2.45) is 5.73 Å². The summed E-state index contributed by atoms with van der Waals surface area (Å²) in [4.78, 5) is 5.36. The number of anilines is 1. The third-order valence-corrected chi connectivity index (χ3v) is 1.92. The molecule has 1 aromatic rings. The maximum Gasteiger partial charge on any atom is 0.255 e. The van der Waals surface area contributed by atoms with Crippen LogP contribution in [0.15, 0.2) is 18.5 Å². The van der Waals surface area contributed by atoms with Crippen LogP contribution in [0.5, 0.6) is 0 Å². The number of nitrogens with two attached hydrogens (primary N) is 1. The molecule has 14 heavy (non-hydrogen) atoms. The largest absolute Gasteiger partial charge is 0.369 e. The number of halogens is 2. The highest BCUT2D eigenvalue weighted by atomic mass is 19.3. The van der Waals surface area contributed by atoms with Gasteiger partial charge in [0.15, 0.2) is 0 Å². The van der Waals surface area contributed by atoms with Crippen LogP contribution in [0, 0.1) is 0 Å². The Kier molecular flexibility index (Phi) is 3.76. The van der Waals surface area contributed by atoms with Gasteiger partial charge in [-0.3, -0.25) is 4.98 Å². The minimum absolute atomic E-state index is 0.295. The molecule has 0 radical (unpaired) electrons. The van der Waals surface area contributed by atoms with E-state index in [0.717, 1.165) is 5.56 Å². The Labute approximate surface area is 81.5 Å². The fourth-order valence-electron chi connectivity index (χ4n) is 1.25. The number of nitrogens with zero attached hydrogens (tertiary/aromatic N) is 2. The molecular formula is C9H13F2N3. The monoisotopic (exact) mass is 201 g/mol. The Balaban J connectivity index is 2.82. The van der Waals surface area contributed by atoms with E-state index < -0.39 is 6.43 Å². The average Bonchev–Trinajstić information content (AvgIpc) is 2.16. The predicted molar refractivity (Wildman–Crippen MR) is 51.4 cm³/mol. The highest BCUT2D eigenvalue weighted by Crippen LogP contribution is 2.17. The molecule has 3 nitrogen and oxygen atoms in total. The molecule has 0 amide bonds. The lowest BCUT2D eigenvalue weighted by Gasteiger charge is -2.20. The molecule has 0 saturated carbocycles. The molecule has 0 unspecified atom stereocenters. The summed E-state index contributed by atoms with van der Waals surface area (Å²) in [6.45, 7) is 0.00770. The van der Waals surface area contributed by atoms with E-state index in [4.69, 9.17) is 5.73 Å². The van der Waals surface area contributed by atoms with E-state index in [1.165, 1.54) is 4.90 Å². The molecule has 0 aliphatic rings. The standard InChI is InChI=1S/C9H13F2N3/c1-14(6-9(10)11)8-2-3-13-5-7(8)4-12/h2-3,5,9H,4,6,12H2,1H3. The van der Waals surface area contributed by atoms with Crippen LogP contribution in [0.1, 0.15) is 5.56 Å². The smallest absolute Gasteiger partial charge is 0.255 e. The zero-order valence-electron chi connectivity index (χ0n) is 7.95. The van der Waals surface area contributed by atoms with Gasteiger partial charge in [0.25, 0.3) is 6.43 Å². The van der Waals surface area contributed by atoms with Crippen molar-refractivity contribution in [1.82, 2.24) is 4.98 Å². The van der Waals surface area contributed by atoms with E-state index in [1.54, 1.807) is 25.5 Å². The maximum absolute atomic E-state index is 12.1. The van der Waals surface area contributed by atoms with Crippen LogP contribution in [0.2, 0.25) is 0 Å². The summed E-state index contributed by atoms with van der Waals surface area (Å²) in [6.07, 6.45) is 0.812. The van der Waals surface area contributed by atoms with Crippen molar-refractivity contribution in [3.8, 4) is 0 Å². The van der Waals surface area contributed by atoms with E-state index in [1.807, 2.05) is 0 Å². The highest BCUT2D eigenvalue weighted by molar-refractivity contribution is 5.51. The van der Waals surface area contributed by atoms with E-state index in [-0.39, 0.29) is 6.54 Å². The first-order valence-electron chi connectivity index (χ1n) is 4.27. The van der Waals surface area contributed by atoms with Crippen LogP contribution < -0.4 is 10.6 Å². The fourth-order valence-corrected chi connectivity index (χ4v) is 1.25. The van der Waals surface area contributed by atoms with Crippen molar-refractivity contribution in [2.75, 3.05) is 18.5 Å². The lowest BCUT2D eigenvalue weighted by Crippen LogP contribution is -2.25. The third-order valence-electron chi connectivity index (χ3n) is 1.92. The molecule has 0 saturated heterocycles. The molecular weight excluding hydrogens is 188 g/mol. The molecule has 1 rings (SSSR count). The number of hydrogen-bond donors (Lipinski definition) is 1. The van der Waals surface area contributed by atoms with Gasteiger partial charge in [-0.25, -0.2) is 8.78 Å². The SMILES string of the molecule is CN(CC(F)F)c1ccncc1CN. The van der Waals surface area contributed by atoms with E-state index in [9.17, 15) is 8.78 Å². The predicted octanol–water partition coefficient (Wildman–Crippen LogP) is 1.24. The zero-order chi connectivity index (χ0) is 10.6. The van der Waals surface area contributed by atoms with Gasteiger partial charge in [0.2, 0.25) is 0 Å². The number of alkyl halides is 2. The van der Waals surface area contributed by atoms with Crippen LogP contribution >= 0.6 is 0 Å². The second-order valence-electron chi connectivity index (χ2n) is 2.98. The molecule has 78 valence electrons. The van der Waals surface area contributed by atoms with Crippen molar-refractivity contribution in [3.63, 3.8) is 0 Å². The van der Waals surface area contributed by atoms with E-state index in [0.29, 0.717) is 12.2 Å². The van der Waals surface area contributed by atoms with Crippen LogP contribution in [0.3, 0.4) is 0 Å². The van der Waals surface area contributed by atoms with Gasteiger partial charge in [0, 0.05) is 37.2 Å². The molecule has 0 aliphatic heterocycles. The van der Waals surface area contributed by atoms with Crippen LogP contribution in [0.25, 0.3) is 0 Å².